The minimum Gasteiger partial charge on any atom is -0.338 e. The second kappa shape index (κ2) is 7.13. The summed E-state index contributed by atoms with van der Waals surface area (Å²) < 4.78 is 23.7. The van der Waals surface area contributed by atoms with E-state index in [1.165, 1.54) is 21.6 Å². The Balaban J connectivity index is 1.72. The molecule has 2 heterocycles. The largest absolute Gasteiger partial charge is 0.338 e. The van der Waals surface area contributed by atoms with Crippen molar-refractivity contribution >= 4 is 56.0 Å². The Hall–Kier alpha value is -1.71. The SMILES string of the molecule is CN1C(=O)/C(=C\c2ccc(C(=O)N(C)[C@@H]3CCS(=O)(=O)C3)cc2)SC1=S. The fraction of sp³-hybridized carbons (Fsp3) is 0.353. The fourth-order valence-corrected chi connectivity index (χ4v) is 5.82. The predicted molar refractivity (Wildman–Crippen MR) is 107 cm³/mol. The lowest BCUT2D eigenvalue weighted by molar-refractivity contribution is -0.121. The highest BCUT2D eigenvalue weighted by Gasteiger charge is 2.33. The first-order valence-electron chi connectivity index (χ1n) is 7.97. The van der Waals surface area contributed by atoms with E-state index in [4.69, 9.17) is 12.2 Å². The second-order valence-corrected chi connectivity index (χ2v) is 10.2. The predicted octanol–water partition coefficient (Wildman–Crippen LogP) is 1.78. The van der Waals surface area contributed by atoms with Crippen molar-refractivity contribution in [3.63, 3.8) is 0 Å². The molecule has 9 heteroatoms. The van der Waals surface area contributed by atoms with Crippen molar-refractivity contribution < 1.29 is 18.0 Å². The van der Waals surface area contributed by atoms with E-state index in [2.05, 4.69) is 0 Å². The highest BCUT2D eigenvalue weighted by molar-refractivity contribution is 8.26. The molecule has 138 valence electrons. The first-order chi connectivity index (χ1) is 12.2. The van der Waals surface area contributed by atoms with Crippen LogP contribution in [0.15, 0.2) is 29.2 Å². The van der Waals surface area contributed by atoms with Gasteiger partial charge in [-0.15, -0.1) is 0 Å². The van der Waals surface area contributed by atoms with E-state index >= 15 is 0 Å². The van der Waals surface area contributed by atoms with Crippen LogP contribution in [-0.2, 0) is 14.6 Å². The molecule has 0 N–H and O–H groups in total. The lowest BCUT2D eigenvalue weighted by Crippen LogP contribution is -2.37. The maximum atomic E-state index is 12.6. The molecule has 2 aliphatic heterocycles. The van der Waals surface area contributed by atoms with Crippen molar-refractivity contribution in [2.45, 2.75) is 12.5 Å². The second-order valence-electron chi connectivity index (χ2n) is 6.34. The summed E-state index contributed by atoms with van der Waals surface area (Å²) in [5.74, 6) is -0.198. The molecule has 0 unspecified atom stereocenters. The first kappa shape index (κ1) is 19.1. The van der Waals surface area contributed by atoms with Crippen molar-refractivity contribution in [2.75, 3.05) is 25.6 Å². The van der Waals surface area contributed by atoms with E-state index in [1.807, 2.05) is 0 Å². The van der Waals surface area contributed by atoms with Gasteiger partial charge in [0.25, 0.3) is 11.8 Å². The molecule has 0 radical (unpaired) electrons. The van der Waals surface area contributed by atoms with Gasteiger partial charge in [0.1, 0.15) is 4.32 Å². The van der Waals surface area contributed by atoms with E-state index in [0.717, 1.165) is 5.56 Å². The molecule has 2 fully saturated rings. The van der Waals surface area contributed by atoms with Crippen molar-refractivity contribution in [2.24, 2.45) is 0 Å². The van der Waals surface area contributed by atoms with Gasteiger partial charge in [0.05, 0.1) is 16.4 Å². The number of likely N-dealkylation sites (N-methyl/N-ethyl adjacent to an activating group) is 1. The fourth-order valence-electron chi connectivity index (χ4n) is 2.87. The van der Waals surface area contributed by atoms with E-state index < -0.39 is 9.84 Å². The van der Waals surface area contributed by atoms with Gasteiger partial charge in [0.15, 0.2) is 9.84 Å². The summed E-state index contributed by atoms with van der Waals surface area (Å²) in [6, 6.07) is 6.60. The molecular weight excluding hydrogens is 392 g/mol. The Morgan fingerprint density at radius 1 is 1.35 bits per heavy atom. The van der Waals surface area contributed by atoms with E-state index in [9.17, 15) is 18.0 Å². The molecule has 0 aliphatic carbocycles. The Bertz CT molecular complexity index is 906. The third-order valence-corrected chi connectivity index (χ3v) is 7.75. The van der Waals surface area contributed by atoms with Gasteiger partial charge in [0, 0.05) is 25.7 Å². The van der Waals surface area contributed by atoms with Crippen LogP contribution in [0.5, 0.6) is 0 Å². The first-order valence-corrected chi connectivity index (χ1v) is 11.0. The summed E-state index contributed by atoms with van der Waals surface area (Å²) in [5.41, 5.74) is 1.28. The van der Waals surface area contributed by atoms with Crippen molar-refractivity contribution in [3.8, 4) is 0 Å². The molecule has 0 bridgehead atoms. The van der Waals surface area contributed by atoms with Crippen LogP contribution in [0.2, 0.25) is 0 Å². The Kier molecular flexibility index (Phi) is 5.23. The number of rotatable bonds is 3. The van der Waals surface area contributed by atoms with Gasteiger partial charge in [-0.05, 0) is 30.2 Å². The summed E-state index contributed by atoms with van der Waals surface area (Å²) in [6.45, 7) is 0. The summed E-state index contributed by atoms with van der Waals surface area (Å²) in [7, 11) is 0.231. The van der Waals surface area contributed by atoms with E-state index in [0.29, 0.717) is 21.2 Å². The van der Waals surface area contributed by atoms with E-state index in [1.54, 1.807) is 44.4 Å². The average Bonchev–Trinajstić information content (AvgIpc) is 3.09. The van der Waals surface area contributed by atoms with Crippen molar-refractivity contribution in [1.82, 2.24) is 9.80 Å². The molecule has 0 spiro atoms. The van der Waals surface area contributed by atoms with Crippen LogP contribution in [0, 0.1) is 0 Å². The molecule has 26 heavy (non-hydrogen) atoms. The quantitative estimate of drug-likeness (QED) is 0.559. The van der Waals surface area contributed by atoms with Crippen molar-refractivity contribution in [1.29, 1.82) is 0 Å². The number of benzene rings is 1. The maximum Gasteiger partial charge on any atom is 0.265 e. The number of carbonyl (C=O) groups is 2. The number of hydrogen-bond acceptors (Lipinski definition) is 6. The molecule has 0 aromatic heterocycles. The number of hydrogen-bond donors (Lipinski definition) is 0. The monoisotopic (exact) mass is 410 g/mol. The highest BCUT2D eigenvalue weighted by atomic mass is 32.2. The summed E-state index contributed by atoms with van der Waals surface area (Å²) in [5, 5.41) is 0. The third-order valence-electron chi connectivity index (χ3n) is 4.52. The van der Waals surface area contributed by atoms with Crippen LogP contribution in [0.1, 0.15) is 22.3 Å². The maximum absolute atomic E-state index is 12.6. The zero-order valence-electron chi connectivity index (χ0n) is 14.3. The van der Waals surface area contributed by atoms with Gasteiger partial charge in [-0.3, -0.25) is 14.5 Å². The molecule has 1 aromatic rings. The Morgan fingerprint density at radius 2 is 2.00 bits per heavy atom. The molecule has 6 nitrogen and oxygen atoms in total. The van der Waals surface area contributed by atoms with Gasteiger partial charge in [-0.2, -0.15) is 0 Å². The van der Waals surface area contributed by atoms with Crippen LogP contribution in [0.25, 0.3) is 6.08 Å². The summed E-state index contributed by atoms with van der Waals surface area (Å²) in [4.78, 5) is 28.1. The zero-order valence-corrected chi connectivity index (χ0v) is 16.8. The topological polar surface area (TPSA) is 74.8 Å². The minimum absolute atomic E-state index is 0.0200. The standard InChI is InChI=1S/C17H18N2O4S3/c1-18(13-7-8-26(22,23)10-13)15(20)12-5-3-11(4-6-12)9-14-16(21)19(2)17(24)25-14/h3-6,9,13H,7-8,10H2,1-2H3/b14-9+/t13-/m1/s1. The number of thioether (sulfide) groups is 1. The third kappa shape index (κ3) is 3.84. The van der Waals surface area contributed by atoms with Gasteiger partial charge >= 0.3 is 0 Å². The molecule has 2 saturated heterocycles. The van der Waals surface area contributed by atoms with Gasteiger partial charge in [-0.25, -0.2) is 8.42 Å². The van der Waals surface area contributed by atoms with Gasteiger partial charge < -0.3 is 4.90 Å². The molecule has 3 rings (SSSR count). The molecule has 2 aliphatic rings. The van der Waals surface area contributed by atoms with Crippen LogP contribution >= 0.6 is 24.0 Å². The molecule has 1 aromatic carbocycles. The smallest absolute Gasteiger partial charge is 0.265 e. The number of carbonyl (C=O) groups excluding carboxylic acids is 2. The van der Waals surface area contributed by atoms with Crippen LogP contribution < -0.4 is 0 Å². The lowest BCUT2D eigenvalue weighted by Gasteiger charge is -2.23. The molecule has 1 atom stereocenters. The molecular formula is C17H18N2O4S3. The highest BCUT2D eigenvalue weighted by Crippen LogP contribution is 2.31. The lowest BCUT2D eigenvalue weighted by atomic mass is 10.1. The average molecular weight is 411 g/mol. The normalized spacial score (nSPS) is 23.7. The Labute approximate surface area is 162 Å². The number of sulfone groups is 1. The van der Waals surface area contributed by atoms with Crippen LogP contribution in [0.4, 0.5) is 0 Å². The van der Waals surface area contributed by atoms with Gasteiger partial charge in [0.2, 0.25) is 0 Å². The Morgan fingerprint density at radius 3 is 2.50 bits per heavy atom. The number of thiocarbonyl (C=S) groups is 1. The van der Waals surface area contributed by atoms with Crippen molar-refractivity contribution in [3.05, 3.63) is 40.3 Å². The summed E-state index contributed by atoms with van der Waals surface area (Å²) >= 11 is 6.34. The number of nitrogens with zero attached hydrogens (tertiary/aromatic N) is 2. The minimum atomic E-state index is -3.04. The zero-order chi connectivity index (χ0) is 19.1. The molecule has 0 saturated carbocycles. The van der Waals surface area contributed by atoms with Gasteiger partial charge in [-0.1, -0.05) is 36.1 Å². The van der Waals surface area contributed by atoms with E-state index in [-0.39, 0.29) is 29.4 Å². The number of amides is 2. The van der Waals surface area contributed by atoms with Crippen LogP contribution in [-0.4, -0.2) is 66.0 Å². The summed E-state index contributed by atoms with van der Waals surface area (Å²) in [6.07, 6.45) is 2.21. The van der Waals surface area contributed by atoms with Crippen LogP contribution in [0.3, 0.4) is 0 Å². The molecule has 2 amide bonds.